The van der Waals surface area contributed by atoms with Gasteiger partial charge in [-0.15, -0.1) is 0 Å². The molecule has 18 heavy (non-hydrogen) atoms. The Bertz CT molecular complexity index is 234. The zero-order valence-electron chi connectivity index (χ0n) is 12.0. The fourth-order valence-electron chi connectivity index (χ4n) is 3.96. The molecule has 0 aliphatic heterocycles. The summed E-state index contributed by atoms with van der Waals surface area (Å²) in [5, 5.41) is 0. The molecule has 2 fully saturated rings. The lowest BCUT2D eigenvalue weighted by atomic mass is 9.68. The monoisotopic (exact) mass is 271 g/mol. The maximum Gasteiger partial charge on any atom is 0.408 e. The first-order chi connectivity index (χ1) is 8.80. The summed E-state index contributed by atoms with van der Waals surface area (Å²) >= 11 is 0. The molecule has 0 heterocycles. The van der Waals surface area contributed by atoms with E-state index < -0.39 is 9.45 Å². The summed E-state index contributed by atoms with van der Waals surface area (Å²) < 4.78 is 11.0. The topological polar surface area (TPSA) is 30.5 Å². The van der Waals surface area contributed by atoms with Crippen molar-refractivity contribution in [2.24, 2.45) is 5.92 Å². The summed E-state index contributed by atoms with van der Waals surface area (Å²) in [6.07, 6.45) is 13.9. The third-order valence-electron chi connectivity index (χ3n) is 4.97. The highest BCUT2D eigenvalue weighted by Gasteiger charge is 2.41. The van der Waals surface area contributed by atoms with Crippen LogP contribution in [-0.2, 0) is 8.85 Å². The van der Waals surface area contributed by atoms with E-state index in [4.69, 9.17) is 8.85 Å². The van der Waals surface area contributed by atoms with Gasteiger partial charge >= 0.3 is 9.45 Å². The Morgan fingerprint density at radius 1 is 0.889 bits per heavy atom. The highest BCUT2D eigenvalue weighted by Crippen LogP contribution is 2.41. The molecule has 0 spiro atoms. The van der Waals surface area contributed by atoms with E-state index in [2.05, 4.69) is 4.98 Å². The first-order valence-corrected chi connectivity index (χ1v) is 9.16. The van der Waals surface area contributed by atoms with Crippen molar-refractivity contribution in [3.05, 3.63) is 0 Å². The second-order valence-corrected chi connectivity index (χ2v) is 7.89. The highest BCUT2D eigenvalue weighted by atomic mass is 28.3. The van der Waals surface area contributed by atoms with Gasteiger partial charge in [-0.05, 0) is 31.6 Å². The van der Waals surface area contributed by atoms with Gasteiger partial charge in [-0.1, -0.05) is 38.5 Å². The number of nitrogens with one attached hydrogen (secondary N) is 1. The summed E-state index contributed by atoms with van der Waals surface area (Å²) in [5.41, 5.74) is 0.335. The third kappa shape index (κ3) is 3.35. The fourth-order valence-corrected chi connectivity index (χ4v) is 5.38. The molecule has 0 aromatic rings. The smallest absolute Gasteiger partial charge is 0.388 e. The van der Waals surface area contributed by atoms with E-state index in [0.29, 0.717) is 5.54 Å². The van der Waals surface area contributed by atoms with Gasteiger partial charge in [0.1, 0.15) is 0 Å². The van der Waals surface area contributed by atoms with Crippen molar-refractivity contribution in [1.29, 1.82) is 0 Å². The van der Waals surface area contributed by atoms with Gasteiger partial charge in [-0.3, -0.25) is 4.98 Å². The molecule has 2 saturated carbocycles. The van der Waals surface area contributed by atoms with Gasteiger partial charge in [0.2, 0.25) is 0 Å². The summed E-state index contributed by atoms with van der Waals surface area (Å²) in [5.74, 6) is 0.854. The Kier molecular flexibility index (Phi) is 5.67. The maximum absolute atomic E-state index is 5.52. The molecule has 0 bridgehead atoms. The molecule has 0 aromatic heterocycles. The predicted molar refractivity (Wildman–Crippen MR) is 76.7 cm³/mol. The molecule has 2 aliphatic carbocycles. The van der Waals surface area contributed by atoms with Gasteiger partial charge in [-0.25, -0.2) is 0 Å². The molecule has 0 unspecified atom stereocenters. The molecule has 0 amide bonds. The zero-order chi connectivity index (χ0) is 12.8. The van der Waals surface area contributed by atoms with Gasteiger partial charge in [0.05, 0.1) is 0 Å². The fraction of sp³-hybridized carbons (Fsp3) is 1.00. The average molecular weight is 271 g/mol. The van der Waals surface area contributed by atoms with Crippen molar-refractivity contribution in [2.75, 3.05) is 14.2 Å². The number of hydrogen-bond donors (Lipinski definition) is 1. The quantitative estimate of drug-likeness (QED) is 0.780. The first-order valence-electron chi connectivity index (χ1n) is 7.64. The van der Waals surface area contributed by atoms with E-state index in [1.54, 1.807) is 14.2 Å². The van der Waals surface area contributed by atoms with E-state index in [9.17, 15) is 0 Å². The minimum atomic E-state index is -1.65. The highest BCUT2D eigenvalue weighted by molar-refractivity contribution is 6.41. The Hall–Kier alpha value is 0.0969. The summed E-state index contributed by atoms with van der Waals surface area (Å²) in [7, 11) is 1.91. The van der Waals surface area contributed by atoms with Crippen LogP contribution in [0.2, 0.25) is 0 Å². The molecule has 4 heteroatoms. The molecular formula is C14H29NO2Si. The van der Waals surface area contributed by atoms with Crippen LogP contribution in [0, 0.1) is 5.92 Å². The van der Waals surface area contributed by atoms with Crippen LogP contribution in [0.4, 0.5) is 0 Å². The van der Waals surface area contributed by atoms with Crippen LogP contribution in [0.3, 0.4) is 0 Å². The SMILES string of the molecule is CO[SiH](NC1(C2CCCCC2)CCCCC1)OC. The first kappa shape index (κ1) is 14.5. The summed E-state index contributed by atoms with van der Waals surface area (Å²) in [4.78, 5) is 3.83. The lowest BCUT2D eigenvalue weighted by Crippen LogP contribution is -2.59. The second-order valence-electron chi connectivity index (χ2n) is 6.00. The van der Waals surface area contributed by atoms with Crippen molar-refractivity contribution in [1.82, 2.24) is 4.98 Å². The summed E-state index contributed by atoms with van der Waals surface area (Å²) in [6, 6.07) is 0. The molecule has 0 aromatic carbocycles. The van der Waals surface area contributed by atoms with Crippen LogP contribution < -0.4 is 4.98 Å². The maximum atomic E-state index is 5.52. The molecular weight excluding hydrogens is 242 g/mol. The molecule has 106 valence electrons. The van der Waals surface area contributed by atoms with E-state index >= 15 is 0 Å². The van der Waals surface area contributed by atoms with E-state index in [1.807, 2.05) is 0 Å². The molecule has 0 radical (unpaired) electrons. The largest absolute Gasteiger partial charge is 0.408 e. The lowest BCUT2D eigenvalue weighted by molar-refractivity contribution is 0.115. The predicted octanol–water partition coefficient (Wildman–Crippen LogP) is 2.87. The van der Waals surface area contributed by atoms with Crippen LogP contribution in [0.15, 0.2) is 0 Å². The molecule has 2 rings (SSSR count). The summed E-state index contributed by atoms with van der Waals surface area (Å²) in [6.45, 7) is 0. The average Bonchev–Trinajstić information content (AvgIpc) is 2.47. The van der Waals surface area contributed by atoms with Crippen LogP contribution in [0.25, 0.3) is 0 Å². The van der Waals surface area contributed by atoms with E-state index in [1.165, 1.54) is 64.2 Å². The van der Waals surface area contributed by atoms with Gasteiger partial charge in [-0.2, -0.15) is 0 Å². The molecule has 2 aliphatic rings. The van der Waals surface area contributed by atoms with Crippen LogP contribution >= 0.6 is 0 Å². The van der Waals surface area contributed by atoms with E-state index in [0.717, 1.165) is 5.92 Å². The zero-order valence-corrected chi connectivity index (χ0v) is 13.2. The van der Waals surface area contributed by atoms with Gasteiger partial charge in [0.15, 0.2) is 0 Å². The molecule has 1 N–H and O–H groups in total. The Morgan fingerprint density at radius 3 is 2.00 bits per heavy atom. The minimum Gasteiger partial charge on any atom is -0.388 e. The molecule has 3 nitrogen and oxygen atoms in total. The molecule has 0 atom stereocenters. The normalized spacial score (nSPS) is 25.5. The Morgan fingerprint density at radius 2 is 1.44 bits per heavy atom. The van der Waals surface area contributed by atoms with Crippen molar-refractivity contribution in [3.63, 3.8) is 0 Å². The van der Waals surface area contributed by atoms with Crippen molar-refractivity contribution in [2.45, 2.75) is 69.7 Å². The van der Waals surface area contributed by atoms with E-state index in [-0.39, 0.29) is 0 Å². The standard InChI is InChI=1S/C14H29NO2Si/c1-16-18(17-2)15-14(11-7-4-8-12-14)13-9-5-3-6-10-13/h13,15,18H,3-12H2,1-2H3. The Labute approximate surface area is 114 Å². The van der Waals surface area contributed by atoms with Gasteiger partial charge in [0.25, 0.3) is 0 Å². The van der Waals surface area contributed by atoms with Gasteiger partial charge < -0.3 is 8.85 Å². The van der Waals surface area contributed by atoms with Crippen LogP contribution in [-0.4, -0.2) is 29.2 Å². The minimum absolute atomic E-state index is 0.335. The van der Waals surface area contributed by atoms with Crippen LogP contribution in [0.5, 0.6) is 0 Å². The van der Waals surface area contributed by atoms with Crippen molar-refractivity contribution < 1.29 is 8.85 Å². The second kappa shape index (κ2) is 7.03. The molecule has 0 saturated heterocycles. The van der Waals surface area contributed by atoms with Crippen molar-refractivity contribution >= 4 is 9.45 Å². The lowest BCUT2D eigenvalue weighted by Gasteiger charge is -2.47. The van der Waals surface area contributed by atoms with Gasteiger partial charge in [0, 0.05) is 19.8 Å². The number of rotatable bonds is 5. The Balaban J connectivity index is 2.05. The van der Waals surface area contributed by atoms with Crippen molar-refractivity contribution in [3.8, 4) is 0 Å². The van der Waals surface area contributed by atoms with Crippen LogP contribution in [0.1, 0.15) is 64.2 Å². The number of hydrogen-bond acceptors (Lipinski definition) is 3. The third-order valence-corrected chi connectivity index (χ3v) is 6.63.